The van der Waals surface area contributed by atoms with E-state index in [0.717, 1.165) is 18.5 Å². The second-order valence-corrected chi connectivity index (χ2v) is 10.9. The molecular formula is C31H25F2N7O2. The van der Waals surface area contributed by atoms with Gasteiger partial charge >= 0.3 is 0 Å². The van der Waals surface area contributed by atoms with Crippen LogP contribution in [-0.4, -0.2) is 55.8 Å². The van der Waals surface area contributed by atoms with Crippen LogP contribution in [-0.2, 0) is 4.79 Å². The van der Waals surface area contributed by atoms with Crippen LogP contribution in [0.4, 0.5) is 14.5 Å². The fourth-order valence-electron chi connectivity index (χ4n) is 6.77. The number of fused-ring (bicyclic) bond motifs is 2. The molecule has 3 aliphatic rings. The molecule has 4 aromatic rings. The van der Waals surface area contributed by atoms with Gasteiger partial charge < -0.3 is 15.1 Å². The first-order valence-electron chi connectivity index (χ1n) is 13.7. The van der Waals surface area contributed by atoms with Crippen molar-refractivity contribution in [3.8, 4) is 23.0 Å². The van der Waals surface area contributed by atoms with Gasteiger partial charge in [-0.1, -0.05) is 0 Å². The number of anilines is 1. The molecule has 1 spiro atoms. The van der Waals surface area contributed by atoms with E-state index in [1.54, 1.807) is 42.7 Å². The number of nitriles is 1. The minimum atomic E-state index is -0.833. The fraction of sp³-hybridized carbons (Fsp3) is 0.258. The van der Waals surface area contributed by atoms with Gasteiger partial charge in [-0.3, -0.25) is 14.6 Å². The molecule has 2 atom stereocenters. The average molecular weight is 566 g/mol. The predicted octanol–water partition coefficient (Wildman–Crippen LogP) is 4.18. The monoisotopic (exact) mass is 565 g/mol. The Morgan fingerprint density at radius 1 is 1.02 bits per heavy atom. The summed E-state index contributed by atoms with van der Waals surface area (Å²) in [5.41, 5.74) is 1.63. The van der Waals surface area contributed by atoms with Gasteiger partial charge in [-0.15, -0.1) is 0 Å². The normalized spacial score (nSPS) is 22.8. The van der Waals surface area contributed by atoms with Crippen LogP contribution in [0, 0.1) is 23.0 Å². The van der Waals surface area contributed by atoms with E-state index in [1.165, 1.54) is 28.9 Å². The number of piperidine rings is 1. The number of aromatic nitrogens is 3. The molecule has 2 bridgehead atoms. The SMILES string of the molecule is N#Cc1ccc(-n2nc(C(=O)N3C4CCC3CC3(C4)C(=O)NCN3c3ccc(F)cc3)cc2-c2cccnc2)cc1F. The molecule has 0 radical (unpaired) electrons. The van der Waals surface area contributed by atoms with Crippen molar-refractivity contribution < 1.29 is 18.4 Å². The lowest BCUT2D eigenvalue weighted by Crippen LogP contribution is -2.61. The number of nitrogens with one attached hydrogen (secondary N) is 1. The molecule has 0 aliphatic carbocycles. The topological polar surface area (TPSA) is 107 Å². The smallest absolute Gasteiger partial charge is 0.274 e. The number of carbonyl (C=O) groups excluding carboxylic acids is 2. The summed E-state index contributed by atoms with van der Waals surface area (Å²) in [4.78, 5) is 35.4. The summed E-state index contributed by atoms with van der Waals surface area (Å²) in [6.07, 6.45) is 5.65. The van der Waals surface area contributed by atoms with Crippen LogP contribution in [0.5, 0.6) is 0 Å². The Labute approximate surface area is 240 Å². The lowest BCUT2D eigenvalue weighted by Gasteiger charge is -2.47. The van der Waals surface area contributed by atoms with Crippen molar-refractivity contribution in [1.82, 2.24) is 25.0 Å². The zero-order chi connectivity index (χ0) is 29.0. The van der Waals surface area contributed by atoms with Crippen molar-refractivity contribution in [2.45, 2.75) is 43.3 Å². The number of hydrogen-bond acceptors (Lipinski definition) is 6. The number of carbonyl (C=O) groups is 2. The third-order valence-corrected chi connectivity index (χ3v) is 8.68. The minimum Gasteiger partial charge on any atom is -0.339 e. The molecule has 1 N–H and O–H groups in total. The number of hydrogen-bond donors (Lipinski definition) is 1. The number of rotatable bonds is 4. The maximum Gasteiger partial charge on any atom is 0.274 e. The van der Waals surface area contributed by atoms with Gasteiger partial charge in [0.25, 0.3) is 5.91 Å². The van der Waals surface area contributed by atoms with Crippen LogP contribution in [0.3, 0.4) is 0 Å². The Morgan fingerprint density at radius 3 is 2.43 bits per heavy atom. The Bertz CT molecular complexity index is 1740. The van der Waals surface area contributed by atoms with Crippen molar-refractivity contribution in [2.75, 3.05) is 11.6 Å². The molecule has 3 aliphatic heterocycles. The van der Waals surface area contributed by atoms with E-state index < -0.39 is 11.4 Å². The first kappa shape index (κ1) is 25.8. The van der Waals surface area contributed by atoms with Gasteiger partial charge in [0.2, 0.25) is 5.91 Å². The Hall–Kier alpha value is -5.11. The average Bonchev–Trinajstić information content (AvgIpc) is 3.66. The predicted molar refractivity (Wildman–Crippen MR) is 148 cm³/mol. The van der Waals surface area contributed by atoms with Gasteiger partial charge in [-0.25, -0.2) is 13.5 Å². The number of benzene rings is 2. The molecule has 5 heterocycles. The van der Waals surface area contributed by atoms with Crippen molar-refractivity contribution in [1.29, 1.82) is 5.26 Å². The maximum absolute atomic E-state index is 14.6. The molecule has 0 saturated carbocycles. The fourth-order valence-corrected chi connectivity index (χ4v) is 6.77. The maximum atomic E-state index is 14.6. The zero-order valence-corrected chi connectivity index (χ0v) is 22.4. The van der Waals surface area contributed by atoms with E-state index in [9.17, 15) is 18.4 Å². The van der Waals surface area contributed by atoms with Crippen LogP contribution in [0.1, 0.15) is 41.7 Å². The van der Waals surface area contributed by atoms with Gasteiger partial charge in [0.05, 0.1) is 23.6 Å². The quantitative estimate of drug-likeness (QED) is 0.398. The third kappa shape index (κ3) is 4.02. The molecule has 7 rings (SSSR count). The van der Waals surface area contributed by atoms with E-state index in [1.807, 2.05) is 21.9 Å². The van der Waals surface area contributed by atoms with Crippen LogP contribution in [0.15, 0.2) is 73.1 Å². The molecule has 2 aromatic carbocycles. The molecule has 3 saturated heterocycles. The Morgan fingerprint density at radius 2 is 1.76 bits per heavy atom. The second-order valence-electron chi connectivity index (χ2n) is 10.9. The van der Waals surface area contributed by atoms with E-state index in [4.69, 9.17) is 5.26 Å². The molecule has 210 valence electrons. The lowest BCUT2D eigenvalue weighted by atomic mass is 9.81. The van der Waals surface area contributed by atoms with Gasteiger partial charge in [0.1, 0.15) is 23.2 Å². The number of amides is 2. The summed E-state index contributed by atoms with van der Waals surface area (Å²) in [5, 5.41) is 16.7. The van der Waals surface area contributed by atoms with Gasteiger partial charge in [0, 0.05) is 54.6 Å². The van der Waals surface area contributed by atoms with E-state index in [2.05, 4.69) is 15.4 Å². The zero-order valence-electron chi connectivity index (χ0n) is 22.4. The summed E-state index contributed by atoms with van der Waals surface area (Å²) >= 11 is 0. The Balaban J connectivity index is 1.23. The van der Waals surface area contributed by atoms with Crippen molar-refractivity contribution >= 4 is 17.5 Å². The minimum absolute atomic E-state index is 0.0817. The van der Waals surface area contributed by atoms with E-state index >= 15 is 0 Å². The van der Waals surface area contributed by atoms with Crippen molar-refractivity contribution in [2.24, 2.45) is 0 Å². The Kier molecular flexibility index (Phi) is 6.01. The van der Waals surface area contributed by atoms with Crippen molar-refractivity contribution in [3.63, 3.8) is 0 Å². The molecule has 9 nitrogen and oxygen atoms in total. The third-order valence-electron chi connectivity index (χ3n) is 8.68. The van der Waals surface area contributed by atoms with Crippen LogP contribution in [0.25, 0.3) is 16.9 Å². The highest BCUT2D eigenvalue weighted by Crippen LogP contribution is 2.47. The molecule has 2 aromatic heterocycles. The van der Waals surface area contributed by atoms with Gasteiger partial charge in [0.15, 0.2) is 5.69 Å². The number of halogens is 2. The largest absolute Gasteiger partial charge is 0.339 e. The van der Waals surface area contributed by atoms with Gasteiger partial charge in [-0.05, 0) is 67.4 Å². The lowest BCUT2D eigenvalue weighted by molar-refractivity contribution is -0.125. The first-order valence-corrected chi connectivity index (χ1v) is 13.7. The summed E-state index contributed by atoms with van der Waals surface area (Å²) in [5.74, 6) is -1.38. The molecule has 2 amide bonds. The van der Waals surface area contributed by atoms with Crippen LogP contribution >= 0.6 is 0 Å². The highest BCUT2D eigenvalue weighted by atomic mass is 19.1. The van der Waals surface area contributed by atoms with E-state index in [0.29, 0.717) is 36.5 Å². The van der Waals surface area contributed by atoms with Crippen LogP contribution in [0.2, 0.25) is 0 Å². The second kappa shape index (κ2) is 9.76. The van der Waals surface area contributed by atoms with Crippen molar-refractivity contribution in [3.05, 3.63) is 95.9 Å². The summed E-state index contributed by atoms with van der Waals surface area (Å²) < 4.78 is 29.7. The van der Waals surface area contributed by atoms with E-state index in [-0.39, 0.29) is 41.0 Å². The number of pyridine rings is 1. The number of nitrogens with zero attached hydrogens (tertiary/aromatic N) is 6. The molecule has 3 fully saturated rings. The van der Waals surface area contributed by atoms with Crippen LogP contribution < -0.4 is 10.2 Å². The highest BCUT2D eigenvalue weighted by Gasteiger charge is 2.58. The molecular weight excluding hydrogens is 540 g/mol. The standard InChI is InChI=1S/C31H25F2N7O2/c32-21-4-7-22(8-5-21)38-18-36-30(42)31(38)14-24-9-10-25(15-31)39(24)29(41)27-13-28(20-2-1-11-35-17-20)40(37-27)23-6-3-19(16-34)26(33)12-23/h1-8,11-13,17,24-25H,9-10,14-15,18H2,(H,36,42). The summed E-state index contributed by atoms with van der Waals surface area (Å²) in [6, 6.07) is 17.0. The molecule has 2 unspecified atom stereocenters. The molecule has 42 heavy (non-hydrogen) atoms. The highest BCUT2D eigenvalue weighted by molar-refractivity contribution is 5.97. The summed E-state index contributed by atoms with van der Waals surface area (Å²) in [6.45, 7) is 0.317. The molecule has 11 heteroatoms. The first-order chi connectivity index (χ1) is 20.4. The summed E-state index contributed by atoms with van der Waals surface area (Å²) in [7, 11) is 0. The van der Waals surface area contributed by atoms with Gasteiger partial charge in [-0.2, -0.15) is 10.4 Å².